The molecule has 0 aromatic rings. The lowest BCUT2D eigenvalue weighted by molar-refractivity contribution is -0.156. The van der Waals surface area contributed by atoms with Gasteiger partial charge < -0.3 is 44.3 Å². The molecule has 0 saturated carbocycles. The van der Waals surface area contributed by atoms with Gasteiger partial charge in [0.1, 0.15) is 11.7 Å². The molecule has 0 bridgehead atoms. The molecule has 0 aliphatic carbocycles. The number of epoxide rings is 1. The monoisotopic (exact) mass is 682 g/mol. The number of morpholine rings is 1. The minimum Gasteiger partial charge on any atom is -0.461 e. The van der Waals surface area contributed by atoms with Crippen LogP contribution in [-0.2, 0) is 23.7 Å². The van der Waals surface area contributed by atoms with Crippen molar-refractivity contribution < 1.29 is 49.0 Å². The Morgan fingerprint density at radius 2 is 1.94 bits per heavy atom. The van der Waals surface area contributed by atoms with Crippen LogP contribution in [0.15, 0.2) is 24.3 Å². The van der Waals surface area contributed by atoms with Gasteiger partial charge in [-0.1, -0.05) is 45.9 Å². The maximum atomic E-state index is 13.1. The number of aliphatic hydroxyl groups excluding tert-OH is 2. The zero-order valence-corrected chi connectivity index (χ0v) is 30.1. The van der Waals surface area contributed by atoms with Gasteiger partial charge in [-0.3, -0.25) is 9.69 Å². The summed E-state index contributed by atoms with van der Waals surface area (Å²) in [5.41, 5.74) is -2.61. The molecular weight excluding hydrogens is 620 g/mol. The number of carbonyl (C=O) groups is 2. The standard InChI is InChI=1S/C36H62N2O10/c1-8-28(40)26(4)33-29(46-33)23-35(5,43)14-9-10-24(2)32-25(3)11-12-30(36(6,44)15-13-27(39)22-31(41)48-32)47-34(42)37(7)16-17-38-18-20-45-21-19-38/h9,11-12,14,24-30,32-33,39-40,43-44H,8,10,13,15-23H2,1-7H3/b12-11+,14-9+. The first-order valence-electron chi connectivity index (χ1n) is 17.8. The molecule has 1 amide bonds. The van der Waals surface area contributed by atoms with Crippen molar-refractivity contribution in [2.45, 2.75) is 128 Å². The van der Waals surface area contributed by atoms with E-state index in [0.29, 0.717) is 45.6 Å². The van der Waals surface area contributed by atoms with Crippen LogP contribution in [0.5, 0.6) is 0 Å². The van der Waals surface area contributed by atoms with E-state index >= 15 is 0 Å². The van der Waals surface area contributed by atoms with Gasteiger partial charge in [-0.25, -0.2) is 4.79 Å². The van der Waals surface area contributed by atoms with Gasteiger partial charge in [-0.15, -0.1) is 0 Å². The fraction of sp³-hybridized carbons (Fsp3) is 0.833. The summed E-state index contributed by atoms with van der Waals surface area (Å²) in [7, 11) is 1.67. The molecule has 0 spiro atoms. The third-order valence-corrected chi connectivity index (χ3v) is 10.1. The van der Waals surface area contributed by atoms with E-state index in [1.807, 2.05) is 39.8 Å². The summed E-state index contributed by atoms with van der Waals surface area (Å²) < 4.78 is 22.9. The third kappa shape index (κ3) is 12.7. The molecule has 2 saturated heterocycles. The average Bonchev–Trinajstić information content (AvgIpc) is 3.80. The van der Waals surface area contributed by atoms with E-state index in [1.54, 1.807) is 33.0 Å². The van der Waals surface area contributed by atoms with Crippen molar-refractivity contribution in [3.8, 4) is 0 Å². The number of rotatable bonds is 13. The Morgan fingerprint density at radius 1 is 1.25 bits per heavy atom. The van der Waals surface area contributed by atoms with Crippen LogP contribution in [-0.4, -0.2) is 137 Å². The molecule has 3 rings (SSSR count). The van der Waals surface area contributed by atoms with E-state index < -0.39 is 47.7 Å². The van der Waals surface area contributed by atoms with Crippen molar-refractivity contribution in [1.82, 2.24) is 9.80 Å². The normalized spacial score (nSPS) is 34.5. The predicted molar refractivity (Wildman–Crippen MR) is 181 cm³/mol. The smallest absolute Gasteiger partial charge is 0.410 e. The van der Waals surface area contributed by atoms with Crippen LogP contribution in [0.1, 0.15) is 80.1 Å². The lowest BCUT2D eigenvalue weighted by atomic mass is 9.86. The van der Waals surface area contributed by atoms with Crippen molar-refractivity contribution in [2.75, 3.05) is 46.4 Å². The van der Waals surface area contributed by atoms with Crippen LogP contribution in [0.2, 0.25) is 0 Å². The van der Waals surface area contributed by atoms with Crippen molar-refractivity contribution in [3.05, 3.63) is 24.3 Å². The molecule has 11 unspecified atom stereocenters. The molecule has 2 fully saturated rings. The van der Waals surface area contributed by atoms with Crippen molar-refractivity contribution in [2.24, 2.45) is 17.8 Å². The maximum absolute atomic E-state index is 13.1. The molecule has 0 radical (unpaired) electrons. The Balaban J connectivity index is 1.66. The minimum absolute atomic E-state index is 0.00303. The molecular formula is C36H62N2O10. The molecule has 3 aliphatic heterocycles. The fourth-order valence-corrected chi connectivity index (χ4v) is 6.52. The lowest BCUT2D eigenvalue weighted by Gasteiger charge is -2.34. The maximum Gasteiger partial charge on any atom is 0.410 e. The highest BCUT2D eigenvalue weighted by Crippen LogP contribution is 2.38. The van der Waals surface area contributed by atoms with E-state index in [4.69, 9.17) is 18.9 Å². The quantitative estimate of drug-likeness (QED) is 0.128. The van der Waals surface area contributed by atoms with Gasteiger partial charge in [-0.05, 0) is 51.5 Å². The fourth-order valence-electron chi connectivity index (χ4n) is 6.52. The van der Waals surface area contributed by atoms with E-state index in [-0.39, 0.29) is 49.2 Å². The topological polar surface area (TPSA) is 162 Å². The van der Waals surface area contributed by atoms with Gasteiger partial charge in [0.25, 0.3) is 0 Å². The lowest BCUT2D eigenvalue weighted by Crippen LogP contribution is -2.46. The van der Waals surface area contributed by atoms with Gasteiger partial charge in [0, 0.05) is 51.5 Å². The van der Waals surface area contributed by atoms with Crippen LogP contribution in [0, 0.1) is 17.8 Å². The highest BCUT2D eigenvalue weighted by Gasteiger charge is 2.47. The average molecular weight is 683 g/mol. The number of esters is 1. The van der Waals surface area contributed by atoms with E-state index in [0.717, 1.165) is 13.1 Å². The third-order valence-electron chi connectivity index (χ3n) is 10.1. The summed E-state index contributed by atoms with van der Waals surface area (Å²) in [4.78, 5) is 29.7. The van der Waals surface area contributed by atoms with Crippen molar-refractivity contribution in [1.29, 1.82) is 0 Å². The number of cyclic esters (lactones) is 1. The van der Waals surface area contributed by atoms with Crippen LogP contribution in [0.3, 0.4) is 0 Å². The first kappa shape index (κ1) is 40.4. The van der Waals surface area contributed by atoms with Crippen molar-refractivity contribution >= 4 is 12.1 Å². The number of allylic oxidation sites excluding steroid dienone is 1. The summed E-state index contributed by atoms with van der Waals surface area (Å²) in [6.07, 6.45) is 4.83. The molecule has 0 aromatic heterocycles. The number of nitrogens with zero attached hydrogens (tertiary/aromatic N) is 2. The number of amides is 1. The van der Waals surface area contributed by atoms with Crippen LogP contribution < -0.4 is 0 Å². The van der Waals surface area contributed by atoms with Gasteiger partial charge in [-0.2, -0.15) is 0 Å². The van der Waals surface area contributed by atoms with Gasteiger partial charge >= 0.3 is 12.1 Å². The summed E-state index contributed by atoms with van der Waals surface area (Å²) in [5.74, 6) is -1.02. The number of hydrogen-bond donors (Lipinski definition) is 4. The molecule has 3 heterocycles. The second-order valence-electron chi connectivity index (χ2n) is 14.8. The minimum atomic E-state index is -1.49. The Labute approximate surface area is 287 Å². The van der Waals surface area contributed by atoms with E-state index in [1.165, 1.54) is 4.90 Å². The number of ether oxygens (including phenoxy) is 4. The zero-order valence-electron chi connectivity index (χ0n) is 30.1. The molecule has 48 heavy (non-hydrogen) atoms. The molecule has 4 N–H and O–H groups in total. The van der Waals surface area contributed by atoms with Crippen LogP contribution in [0.25, 0.3) is 0 Å². The first-order valence-corrected chi connectivity index (χ1v) is 17.8. The van der Waals surface area contributed by atoms with E-state index in [2.05, 4.69) is 4.90 Å². The summed E-state index contributed by atoms with van der Waals surface area (Å²) in [5, 5.41) is 43.2. The van der Waals surface area contributed by atoms with Gasteiger partial charge in [0.2, 0.25) is 0 Å². The second-order valence-corrected chi connectivity index (χ2v) is 14.8. The number of hydrogen-bond acceptors (Lipinski definition) is 11. The SMILES string of the molecule is CCC(O)C(C)C1OC1CC(C)(O)/C=C/CC(C)C1OC(=O)CC(O)CCC(C)(O)C(OC(=O)N(C)CCN2CCOCC2)/C=C/C1C. The molecule has 3 aliphatic rings. The molecule has 12 nitrogen and oxygen atoms in total. The van der Waals surface area contributed by atoms with Crippen LogP contribution in [0.4, 0.5) is 4.79 Å². The first-order chi connectivity index (χ1) is 22.5. The number of aliphatic hydroxyl groups is 4. The highest BCUT2D eigenvalue weighted by atomic mass is 16.6. The Bertz CT molecular complexity index is 1070. The van der Waals surface area contributed by atoms with Crippen molar-refractivity contribution in [3.63, 3.8) is 0 Å². The molecule has 11 atom stereocenters. The summed E-state index contributed by atoms with van der Waals surface area (Å²) in [6, 6.07) is 0. The summed E-state index contributed by atoms with van der Waals surface area (Å²) >= 11 is 0. The number of likely N-dealkylation sites (N-methyl/N-ethyl adjacent to an activating group) is 1. The van der Waals surface area contributed by atoms with Gasteiger partial charge in [0.15, 0.2) is 6.10 Å². The predicted octanol–water partition coefficient (Wildman–Crippen LogP) is 3.05. The second kappa shape index (κ2) is 18.3. The largest absolute Gasteiger partial charge is 0.461 e. The van der Waals surface area contributed by atoms with Gasteiger partial charge in [0.05, 0.1) is 49.7 Å². The molecule has 0 aromatic carbocycles. The Hall–Kier alpha value is -2.06. The Kier molecular flexibility index (Phi) is 15.4. The highest BCUT2D eigenvalue weighted by molar-refractivity contribution is 5.70. The summed E-state index contributed by atoms with van der Waals surface area (Å²) in [6.45, 7) is 15.1. The molecule has 12 heteroatoms. The molecule has 276 valence electrons. The number of carbonyl (C=O) groups excluding carboxylic acids is 2. The van der Waals surface area contributed by atoms with Crippen LogP contribution >= 0.6 is 0 Å². The Morgan fingerprint density at radius 3 is 2.60 bits per heavy atom. The van der Waals surface area contributed by atoms with E-state index in [9.17, 15) is 30.0 Å². The zero-order chi connectivity index (χ0) is 35.6.